The number of aromatic nitrogens is 4. The van der Waals surface area contributed by atoms with Gasteiger partial charge >= 0.3 is 0 Å². The lowest BCUT2D eigenvalue weighted by Crippen LogP contribution is -2.64. The Kier molecular flexibility index (Phi) is 10.2. The number of anilines is 3. The minimum Gasteiger partial charge on any atom is -0.394 e. The van der Waals surface area contributed by atoms with Crippen LogP contribution in [0.3, 0.4) is 0 Å². The number of benzene rings is 1. The smallest absolute Gasteiger partial charge is 0.251 e. The van der Waals surface area contributed by atoms with E-state index < -0.39 is 55.1 Å². The average molecular weight is 614 g/mol. The maximum Gasteiger partial charge on any atom is 0.251 e. The van der Waals surface area contributed by atoms with Gasteiger partial charge in [-0.3, -0.25) is 14.4 Å². The van der Waals surface area contributed by atoms with E-state index in [1.165, 1.54) is 6.92 Å². The SMILES string of the molecule is CC(=O)C(CCC(=O)NC1C(O)O[C@H](CO)[C@@H](O)[C@@H]1O)NC(=O)c1ccc(N(C)Cc2cnc3nc(N)nc(N)c3n2)cc1. The van der Waals surface area contributed by atoms with Crippen LogP contribution < -0.4 is 27.0 Å². The Bertz CT molecular complexity index is 1510. The lowest BCUT2D eigenvalue weighted by atomic mass is 9.96. The van der Waals surface area contributed by atoms with Crippen molar-refractivity contribution in [2.24, 2.45) is 0 Å². The number of aliphatic hydroxyl groups is 4. The molecule has 0 aliphatic carbocycles. The van der Waals surface area contributed by atoms with Crippen LogP contribution in [0.1, 0.15) is 35.8 Å². The van der Waals surface area contributed by atoms with E-state index in [4.69, 9.17) is 16.2 Å². The number of nitrogens with zero attached hydrogens (tertiary/aromatic N) is 5. The molecule has 3 unspecified atom stereocenters. The highest BCUT2D eigenvalue weighted by molar-refractivity contribution is 5.98. The first-order valence-corrected chi connectivity index (χ1v) is 13.6. The molecule has 10 N–H and O–H groups in total. The number of hydrogen-bond acceptors (Lipinski definition) is 15. The van der Waals surface area contributed by atoms with Gasteiger partial charge < -0.3 is 52.2 Å². The minimum absolute atomic E-state index is 0.00443. The van der Waals surface area contributed by atoms with E-state index in [0.29, 0.717) is 17.8 Å². The molecule has 2 aromatic heterocycles. The van der Waals surface area contributed by atoms with Crippen molar-refractivity contribution in [2.45, 2.75) is 63.0 Å². The van der Waals surface area contributed by atoms with Crippen LogP contribution in [0.5, 0.6) is 0 Å². The van der Waals surface area contributed by atoms with Crippen LogP contribution in [-0.4, -0.2) is 108 Å². The molecule has 17 heteroatoms. The van der Waals surface area contributed by atoms with Gasteiger partial charge in [-0.25, -0.2) is 9.97 Å². The zero-order chi connectivity index (χ0) is 32.1. The van der Waals surface area contributed by atoms with Crippen LogP contribution >= 0.6 is 0 Å². The molecule has 4 rings (SSSR count). The zero-order valence-corrected chi connectivity index (χ0v) is 24.0. The summed E-state index contributed by atoms with van der Waals surface area (Å²) in [7, 11) is 1.82. The molecule has 1 fully saturated rings. The van der Waals surface area contributed by atoms with E-state index in [-0.39, 0.29) is 41.6 Å². The number of carbonyl (C=O) groups excluding carboxylic acids is 3. The molecule has 1 aliphatic heterocycles. The molecule has 236 valence electrons. The molecule has 0 bridgehead atoms. The topological polar surface area (TPSA) is 272 Å². The normalized spacial score (nSPS) is 22.3. The number of amides is 2. The van der Waals surface area contributed by atoms with E-state index in [9.17, 15) is 34.8 Å². The lowest BCUT2D eigenvalue weighted by molar-refractivity contribution is -0.253. The second-order valence-corrected chi connectivity index (χ2v) is 10.4. The van der Waals surface area contributed by atoms with Crippen molar-refractivity contribution in [1.82, 2.24) is 30.6 Å². The van der Waals surface area contributed by atoms with Gasteiger partial charge in [0.05, 0.1) is 31.1 Å². The first kappa shape index (κ1) is 32.4. The molecule has 3 heterocycles. The molecule has 6 atom stereocenters. The number of ether oxygens (including phenoxy) is 1. The fourth-order valence-electron chi connectivity index (χ4n) is 4.67. The maximum atomic E-state index is 12.9. The van der Waals surface area contributed by atoms with Crippen LogP contribution in [-0.2, 0) is 20.9 Å². The number of hydrogen-bond donors (Lipinski definition) is 8. The molecule has 44 heavy (non-hydrogen) atoms. The van der Waals surface area contributed by atoms with Gasteiger partial charge in [-0.15, -0.1) is 0 Å². The molecule has 2 amide bonds. The minimum atomic E-state index is -1.67. The largest absolute Gasteiger partial charge is 0.394 e. The number of nitrogens with one attached hydrogen (secondary N) is 2. The van der Waals surface area contributed by atoms with E-state index in [1.54, 1.807) is 30.5 Å². The van der Waals surface area contributed by atoms with E-state index >= 15 is 0 Å². The Morgan fingerprint density at radius 2 is 1.77 bits per heavy atom. The number of ketones is 1. The van der Waals surface area contributed by atoms with Crippen LogP contribution in [0, 0.1) is 0 Å². The van der Waals surface area contributed by atoms with Crippen LogP contribution in [0.15, 0.2) is 30.5 Å². The van der Waals surface area contributed by atoms with Crippen LogP contribution in [0.4, 0.5) is 17.5 Å². The number of rotatable bonds is 11. The standard InChI is InChI=1S/C27H35N9O8/c1-12(38)16(7-8-18(39)33-19-22(41)21(40)17(11-37)44-26(19)43)32-25(42)13-3-5-15(6-4-13)36(2)10-14-9-30-24-20(31-14)23(28)34-27(29)35-24/h3-6,9,16-17,19,21-22,26,37,40-41,43H,7-8,10-11H2,1-2H3,(H,32,42)(H,33,39)(H4,28,29,30,34,35)/t16?,17-,19?,21-,22-,26?/m1/s1. The van der Waals surface area contributed by atoms with Gasteiger partial charge in [0.15, 0.2) is 29.1 Å². The van der Waals surface area contributed by atoms with E-state index in [1.807, 2.05) is 11.9 Å². The van der Waals surface area contributed by atoms with Gasteiger partial charge in [-0.2, -0.15) is 9.97 Å². The van der Waals surface area contributed by atoms with Gasteiger partial charge in [0, 0.05) is 24.7 Å². The summed E-state index contributed by atoms with van der Waals surface area (Å²) in [5, 5.41) is 44.4. The maximum absolute atomic E-state index is 12.9. The highest BCUT2D eigenvalue weighted by Crippen LogP contribution is 2.21. The average Bonchev–Trinajstić information content (AvgIpc) is 2.99. The molecular formula is C27H35N9O8. The van der Waals surface area contributed by atoms with Gasteiger partial charge in [0.2, 0.25) is 11.9 Å². The Labute approximate surface area is 251 Å². The number of nitrogens with two attached hydrogens (primary N) is 2. The van der Waals surface area contributed by atoms with E-state index in [0.717, 1.165) is 5.69 Å². The van der Waals surface area contributed by atoms with Crippen molar-refractivity contribution in [2.75, 3.05) is 30.0 Å². The lowest BCUT2D eigenvalue weighted by Gasteiger charge is -2.40. The third kappa shape index (κ3) is 7.50. The molecule has 3 aromatic rings. The summed E-state index contributed by atoms with van der Waals surface area (Å²) in [4.78, 5) is 56.1. The molecule has 1 aliphatic rings. The predicted molar refractivity (Wildman–Crippen MR) is 156 cm³/mol. The van der Waals surface area contributed by atoms with Crippen molar-refractivity contribution in [3.8, 4) is 0 Å². The van der Waals surface area contributed by atoms with Crippen molar-refractivity contribution < 1.29 is 39.5 Å². The Hall–Kier alpha value is -4.55. The monoisotopic (exact) mass is 613 g/mol. The van der Waals surface area contributed by atoms with Gasteiger partial charge in [-0.05, 0) is 37.6 Å². The number of carbonyl (C=O) groups is 3. The Morgan fingerprint density at radius 3 is 2.43 bits per heavy atom. The summed E-state index contributed by atoms with van der Waals surface area (Å²) in [6.07, 6.45) is -4.78. The quantitative estimate of drug-likeness (QED) is 0.112. The van der Waals surface area contributed by atoms with Crippen molar-refractivity contribution >= 4 is 46.2 Å². The summed E-state index contributed by atoms with van der Waals surface area (Å²) in [6, 6.07) is 4.26. The summed E-state index contributed by atoms with van der Waals surface area (Å²) < 4.78 is 5.02. The van der Waals surface area contributed by atoms with Crippen LogP contribution in [0.25, 0.3) is 11.2 Å². The molecule has 0 spiro atoms. The summed E-state index contributed by atoms with van der Waals surface area (Å²) in [5.41, 5.74) is 13.8. The third-order valence-electron chi connectivity index (χ3n) is 7.15. The van der Waals surface area contributed by atoms with Crippen LogP contribution in [0.2, 0.25) is 0 Å². The van der Waals surface area contributed by atoms with Crippen molar-refractivity contribution in [3.63, 3.8) is 0 Å². The number of aliphatic hydroxyl groups excluding tert-OH is 4. The fraction of sp³-hybridized carbons (Fsp3) is 0.444. The number of Topliss-reactive ketones (excluding diaryl/α,β-unsaturated/α-hetero) is 1. The molecule has 0 radical (unpaired) electrons. The Balaban J connectivity index is 1.32. The summed E-state index contributed by atoms with van der Waals surface area (Å²) >= 11 is 0. The predicted octanol–water partition coefficient (Wildman–Crippen LogP) is -2.40. The molecule has 1 saturated heterocycles. The second kappa shape index (κ2) is 13.8. The van der Waals surface area contributed by atoms with E-state index in [2.05, 4.69) is 30.6 Å². The molecular weight excluding hydrogens is 578 g/mol. The number of fused-ring (bicyclic) bond motifs is 1. The fourth-order valence-corrected chi connectivity index (χ4v) is 4.67. The van der Waals surface area contributed by atoms with Gasteiger partial charge in [0.25, 0.3) is 5.91 Å². The molecule has 0 saturated carbocycles. The third-order valence-corrected chi connectivity index (χ3v) is 7.15. The first-order chi connectivity index (χ1) is 20.9. The van der Waals surface area contributed by atoms with Gasteiger partial charge in [-0.1, -0.05) is 0 Å². The summed E-state index contributed by atoms with van der Waals surface area (Å²) in [5.74, 6) is -1.44. The van der Waals surface area contributed by atoms with Gasteiger partial charge in [0.1, 0.15) is 24.4 Å². The highest BCUT2D eigenvalue weighted by Gasteiger charge is 2.44. The molecule has 17 nitrogen and oxygen atoms in total. The summed E-state index contributed by atoms with van der Waals surface area (Å²) in [6.45, 7) is 0.993. The first-order valence-electron chi connectivity index (χ1n) is 13.6. The highest BCUT2D eigenvalue weighted by atomic mass is 16.6. The zero-order valence-electron chi connectivity index (χ0n) is 24.0. The molecule has 1 aromatic carbocycles. The van der Waals surface area contributed by atoms with Crippen molar-refractivity contribution in [3.05, 3.63) is 41.7 Å². The van der Waals surface area contributed by atoms with Crippen molar-refractivity contribution in [1.29, 1.82) is 0 Å². The number of nitrogen functional groups attached to an aromatic ring is 2. The second-order valence-electron chi connectivity index (χ2n) is 10.4. The Morgan fingerprint density at radius 1 is 1.07 bits per heavy atom.